The predicted octanol–water partition coefficient (Wildman–Crippen LogP) is 3.34. The summed E-state index contributed by atoms with van der Waals surface area (Å²) < 4.78 is 5.79. The molecule has 0 aliphatic heterocycles. The van der Waals surface area contributed by atoms with Gasteiger partial charge in [-0.25, -0.2) is 4.79 Å². The average Bonchev–Trinajstić information content (AvgIpc) is 3.03. The topological polar surface area (TPSA) is 69.9 Å². The van der Waals surface area contributed by atoms with Gasteiger partial charge in [-0.1, -0.05) is 57.5 Å². The Morgan fingerprint density at radius 1 is 1.28 bits per heavy atom. The first-order chi connectivity index (χ1) is 12.0. The highest BCUT2D eigenvalue weighted by molar-refractivity contribution is 5.69. The number of esters is 1. The SMILES string of the molecule is CC(C)[C@@H]1CC[C@@H](C)C[C@H]1OC(=O)Cn1nnc(-c2ccccc2)n1. The molecule has 1 aromatic heterocycles. The summed E-state index contributed by atoms with van der Waals surface area (Å²) in [6.45, 7) is 6.62. The Balaban J connectivity index is 1.61. The van der Waals surface area contributed by atoms with Crippen molar-refractivity contribution in [2.75, 3.05) is 0 Å². The van der Waals surface area contributed by atoms with Gasteiger partial charge in [-0.05, 0) is 35.8 Å². The van der Waals surface area contributed by atoms with E-state index < -0.39 is 0 Å². The summed E-state index contributed by atoms with van der Waals surface area (Å²) in [5.41, 5.74) is 0.878. The Morgan fingerprint density at radius 3 is 2.76 bits per heavy atom. The van der Waals surface area contributed by atoms with Crippen molar-refractivity contribution in [3.63, 3.8) is 0 Å². The van der Waals surface area contributed by atoms with E-state index in [1.165, 1.54) is 11.2 Å². The van der Waals surface area contributed by atoms with Gasteiger partial charge in [0.15, 0.2) is 6.54 Å². The van der Waals surface area contributed by atoms with Gasteiger partial charge in [0.2, 0.25) is 5.82 Å². The number of rotatable bonds is 5. The van der Waals surface area contributed by atoms with Crippen LogP contribution >= 0.6 is 0 Å². The number of benzene rings is 1. The number of ether oxygens (including phenoxy) is 1. The van der Waals surface area contributed by atoms with E-state index in [2.05, 4.69) is 36.2 Å². The molecule has 3 rings (SSSR count). The van der Waals surface area contributed by atoms with Crippen molar-refractivity contribution in [2.24, 2.45) is 17.8 Å². The van der Waals surface area contributed by atoms with E-state index >= 15 is 0 Å². The molecule has 3 atom stereocenters. The molecule has 0 bridgehead atoms. The lowest BCUT2D eigenvalue weighted by Gasteiger charge is -2.36. The molecule has 1 heterocycles. The van der Waals surface area contributed by atoms with E-state index in [1.807, 2.05) is 30.3 Å². The number of hydrogen-bond donors (Lipinski definition) is 0. The largest absolute Gasteiger partial charge is 0.461 e. The third kappa shape index (κ3) is 4.44. The molecule has 0 saturated heterocycles. The maximum absolute atomic E-state index is 12.4. The zero-order valence-electron chi connectivity index (χ0n) is 15.1. The monoisotopic (exact) mass is 342 g/mol. The molecular weight excluding hydrogens is 316 g/mol. The minimum Gasteiger partial charge on any atom is -0.461 e. The Morgan fingerprint density at radius 2 is 2.04 bits per heavy atom. The highest BCUT2D eigenvalue weighted by Crippen LogP contribution is 2.35. The van der Waals surface area contributed by atoms with Crippen LogP contribution in [0, 0.1) is 17.8 Å². The van der Waals surface area contributed by atoms with Crippen molar-refractivity contribution in [3.05, 3.63) is 30.3 Å². The number of carbonyl (C=O) groups is 1. The van der Waals surface area contributed by atoms with Crippen LogP contribution in [-0.2, 0) is 16.1 Å². The number of nitrogens with zero attached hydrogens (tertiary/aromatic N) is 4. The van der Waals surface area contributed by atoms with Crippen LogP contribution in [0.15, 0.2) is 30.3 Å². The van der Waals surface area contributed by atoms with E-state index in [0.717, 1.165) is 18.4 Å². The number of carbonyl (C=O) groups excluding carboxylic acids is 1. The van der Waals surface area contributed by atoms with Crippen molar-refractivity contribution < 1.29 is 9.53 Å². The molecule has 0 unspecified atom stereocenters. The van der Waals surface area contributed by atoms with Gasteiger partial charge < -0.3 is 4.74 Å². The maximum atomic E-state index is 12.4. The third-order valence-corrected chi connectivity index (χ3v) is 5.00. The van der Waals surface area contributed by atoms with E-state index in [9.17, 15) is 4.79 Å². The van der Waals surface area contributed by atoms with Gasteiger partial charge in [0.25, 0.3) is 0 Å². The lowest BCUT2D eigenvalue weighted by molar-refractivity contribution is -0.157. The zero-order chi connectivity index (χ0) is 17.8. The van der Waals surface area contributed by atoms with E-state index in [1.54, 1.807) is 0 Å². The maximum Gasteiger partial charge on any atom is 0.330 e. The van der Waals surface area contributed by atoms with E-state index in [-0.39, 0.29) is 18.6 Å². The first-order valence-electron chi connectivity index (χ1n) is 9.05. The van der Waals surface area contributed by atoms with Crippen LogP contribution in [0.1, 0.15) is 40.0 Å². The summed E-state index contributed by atoms with van der Waals surface area (Å²) >= 11 is 0. The molecule has 1 saturated carbocycles. The highest BCUT2D eigenvalue weighted by atomic mass is 16.5. The Labute approximate surface area is 148 Å². The van der Waals surface area contributed by atoms with Crippen LogP contribution in [0.5, 0.6) is 0 Å². The standard InChI is InChI=1S/C19H26N4O2/c1-13(2)16-10-9-14(3)11-17(16)25-18(24)12-23-21-19(20-22-23)15-7-5-4-6-8-15/h4-8,13-14,16-17H,9-12H2,1-3H3/t14-,16+,17-/m1/s1. The molecule has 2 aromatic rings. The quantitative estimate of drug-likeness (QED) is 0.779. The summed E-state index contributed by atoms with van der Waals surface area (Å²) in [4.78, 5) is 13.7. The van der Waals surface area contributed by atoms with Gasteiger partial charge in [-0.3, -0.25) is 0 Å². The van der Waals surface area contributed by atoms with Crippen LogP contribution in [-0.4, -0.2) is 32.3 Å². The Hall–Kier alpha value is -2.24. The summed E-state index contributed by atoms with van der Waals surface area (Å²) in [6.07, 6.45) is 3.26. The van der Waals surface area contributed by atoms with Crippen molar-refractivity contribution in [2.45, 2.75) is 52.7 Å². The normalized spacial score (nSPS) is 23.6. The van der Waals surface area contributed by atoms with Gasteiger partial charge in [-0.15, -0.1) is 10.2 Å². The minimum atomic E-state index is -0.290. The average molecular weight is 342 g/mol. The fraction of sp³-hybridized carbons (Fsp3) is 0.579. The first kappa shape index (κ1) is 17.6. The number of aromatic nitrogens is 4. The molecule has 0 N–H and O–H groups in total. The first-order valence-corrected chi connectivity index (χ1v) is 9.05. The zero-order valence-corrected chi connectivity index (χ0v) is 15.1. The fourth-order valence-electron chi connectivity index (χ4n) is 3.58. The Kier molecular flexibility index (Phi) is 5.46. The molecule has 0 radical (unpaired) electrons. The third-order valence-electron chi connectivity index (χ3n) is 5.00. The van der Waals surface area contributed by atoms with Crippen LogP contribution in [0.2, 0.25) is 0 Å². The second kappa shape index (κ2) is 7.76. The molecule has 1 aliphatic carbocycles. The van der Waals surface area contributed by atoms with Gasteiger partial charge in [0.05, 0.1) is 0 Å². The fourth-order valence-corrected chi connectivity index (χ4v) is 3.58. The highest BCUT2D eigenvalue weighted by Gasteiger charge is 2.33. The Bertz CT molecular complexity index is 698. The van der Waals surface area contributed by atoms with Gasteiger partial charge in [-0.2, -0.15) is 4.80 Å². The predicted molar refractivity (Wildman–Crippen MR) is 94.5 cm³/mol. The number of tetrazole rings is 1. The lowest BCUT2D eigenvalue weighted by atomic mass is 9.75. The molecule has 0 amide bonds. The van der Waals surface area contributed by atoms with Crippen molar-refractivity contribution in [3.8, 4) is 11.4 Å². The summed E-state index contributed by atoms with van der Waals surface area (Å²) in [7, 11) is 0. The molecule has 25 heavy (non-hydrogen) atoms. The summed E-state index contributed by atoms with van der Waals surface area (Å²) in [5, 5.41) is 12.3. The number of hydrogen-bond acceptors (Lipinski definition) is 5. The molecule has 1 aliphatic rings. The van der Waals surface area contributed by atoms with Crippen LogP contribution in [0.25, 0.3) is 11.4 Å². The minimum absolute atomic E-state index is 0.00443. The van der Waals surface area contributed by atoms with Gasteiger partial charge >= 0.3 is 5.97 Å². The van der Waals surface area contributed by atoms with Gasteiger partial charge in [0, 0.05) is 5.56 Å². The molecule has 134 valence electrons. The van der Waals surface area contributed by atoms with Crippen LogP contribution in [0.3, 0.4) is 0 Å². The van der Waals surface area contributed by atoms with Gasteiger partial charge in [0.1, 0.15) is 6.10 Å². The van der Waals surface area contributed by atoms with Crippen molar-refractivity contribution >= 4 is 5.97 Å². The second-order valence-corrected chi connectivity index (χ2v) is 7.36. The second-order valence-electron chi connectivity index (χ2n) is 7.36. The molecule has 6 nitrogen and oxygen atoms in total. The lowest BCUT2D eigenvalue weighted by Crippen LogP contribution is -2.36. The van der Waals surface area contributed by atoms with E-state index in [4.69, 9.17) is 4.74 Å². The molecule has 6 heteroatoms. The molecule has 1 aromatic carbocycles. The molecular formula is C19H26N4O2. The molecule has 0 spiro atoms. The van der Waals surface area contributed by atoms with E-state index in [0.29, 0.717) is 23.6 Å². The summed E-state index contributed by atoms with van der Waals surface area (Å²) in [5.74, 6) is 1.77. The summed E-state index contributed by atoms with van der Waals surface area (Å²) in [6, 6.07) is 9.59. The molecule has 1 fully saturated rings. The smallest absolute Gasteiger partial charge is 0.330 e. The van der Waals surface area contributed by atoms with Crippen molar-refractivity contribution in [1.29, 1.82) is 0 Å². The van der Waals surface area contributed by atoms with Crippen LogP contribution in [0.4, 0.5) is 0 Å². The van der Waals surface area contributed by atoms with Crippen molar-refractivity contribution in [1.82, 2.24) is 20.2 Å². The van der Waals surface area contributed by atoms with Crippen LogP contribution < -0.4 is 0 Å².